The summed E-state index contributed by atoms with van der Waals surface area (Å²) in [5.41, 5.74) is 0.732. The van der Waals surface area contributed by atoms with Crippen molar-refractivity contribution in [2.45, 2.75) is 31.8 Å². The van der Waals surface area contributed by atoms with Crippen molar-refractivity contribution in [1.29, 1.82) is 0 Å². The molecule has 0 N–H and O–H groups in total. The van der Waals surface area contributed by atoms with Gasteiger partial charge in [0.1, 0.15) is 17.3 Å². The molecule has 90 valence electrons. The summed E-state index contributed by atoms with van der Waals surface area (Å²) in [6, 6.07) is 1.71. The van der Waals surface area contributed by atoms with Crippen LogP contribution in [0.3, 0.4) is 0 Å². The summed E-state index contributed by atoms with van der Waals surface area (Å²) in [6.07, 6.45) is 6.18. The van der Waals surface area contributed by atoms with Crippen LogP contribution in [0.25, 0.3) is 5.65 Å². The summed E-state index contributed by atoms with van der Waals surface area (Å²) < 4.78 is 7.56. The van der Waals surface area contributed by atoms with Crippen LogP contribution in [-0.4, -0.2) is 32.3 Å². The van der Waals surface area contributed by atoms with Gasteiger partial charge in [-0.05, 0) is 19.3 Å². The second kappa shape index (κ2) is 4.58. The van der Waals surface area contributed by atoms with Crippen LogP contribution in [0.2, 0.25) is 5.15 Å². The van der Waals surface area contributed by atoms with Gasteiger partial charge in [0.25, 0.3) is 0 Å². The number of ether oxygens (including phenoxy) is 1. The molecule has 1 unspecified atom stereocenters. The monoisotopic (exact) mass is 252 g/mol. The van der Waals surface area contributed by atoms with Crippen LogP contribution >= 0.6 is 11.6 Å². The third-order valence-electron chi connectivity index (χ3n) is 3.02. The second-order valence-electron chi connectivity index (χ2n) is 4.25. The number of hydrogen-bond acceptors (Lipinski definition) is 4. The van der Waals surface area contributed by atoms with E-state index in [2.05, 4.69) is 15.2 Å². The van der Waals surface area contributed by atoms with Crippen molar-refractivity contribution in [2.75, 3.05) is 6.61 Å². The highest BCUT2D eigenvalue weighted by atomic mass is 35.5. The summed E-state index contributed by atoms with van der Waals surface area (Å²) in [4.78, 5) is 4.04. The van der Waals surface area contributed by atoms with E-state index in [0.29, 0.717) is 5.15 Å². The molecule has 1 aliphatic rings. The summed E-state index contributed by atoms with van der Waals surface area (Å²) in [6.45, 7) is 0.853. The van der Waals surface area contributed by atoms with E-state index in [4.69, 9.17) is 16.3 Å². The lowest BCUT2D eigenvalue weighted by atomic mass is 10.1. The Bertz CT molecular complexity index is 521. The summed E-state index contributed by atoms with van der Waals surface area (Å²) in [5.74, 6) is 0.885. The Hall–Kier alpha value is -1.20. The fourth-order valence-corrected chi connectivity index (χ4v) is 2.27. The predicted octanol–water partition coefficient (Wildman–Crippen LogP) is 1.89. The molecule has 0 saturated carbocycles. The van der Waals surface area contributed by atoms with Gasteiger partial charge < -0.3 is 4.74 Å². The van der Waals surface area contributed by atoms with E-state index >= 15 is 0 Å². The quantitative estimate of drug-likeness (QED) is 0.766. The van der Waals surface area contributed by atoms with Gasteiger partial charge in [0.2, 0.25) is 0 Å². The number of hydrogen-bond donors (Lipinski definition) is 0. The molecule has 3 rings (SSSR count). The molecule has 3 heterocycles. The summed E-state index contributed by atoms with van der Waals surface area (Å²) >= 11 is 5.80. The lowest BCUT2D eigenvalue weighted by Gasteiger charge is -2.21. The standard InChI is InChI=1S/C11H13ClN4O/c12-9-6-11-15-14-10(16(11)7-13-9)5-8-3-1-2-4-17-8/h6-8H,1-5H2. The average molecular weight is 253 g/mol. The Morgan fingerprint density at radius 2 is 2.35 bits per heavy atom. The number of rotatable bonds is 2. The van der Waals surface area contributed by atoms with Crippen molar-refractivity contribution in [3.05, 3.63) is 23.4 Å². The van der Waals surface area contributed by atoms with E-state index in [1.807, 2.05) is 4.40 Å². The minimum Gasteiger partial charge on any atom is -0.378 e. The molecule has 0 spiro atoms. The van der Waals surface area contributed by atoms with E-state index in [1.165, 1.54) is 6.42 Å². The molecule has 2 aromatic heterocycles. The Morgan fingerprint density at radius 1 is 1.41 bits per heavy atom. The van der Waals surface area contributed by atoms with E-state index in [0.717, 1.165) is 37.3 Å². The number of fused-ring (bicyclic) bond motifs is 1. The van der Waals surface area contributed by atoms with Crippen LogP contribution in [0.15, 0.2) is 12.4 Å². The molecule has 1 saturated heterocycles. The van der Waals surface area contributed by atoms with Gasteiger partial charge in [-0.15, -0.1) is 10.2 Å². The highest BCUT2D eigenvalue weighted by Gasteiger charge is 2.17. The molecule has 1 aliphatic heterocycles. The lowest BCUT2D eigenvalue weighted by molar-refractivity contribution is 0.0155. The highest BCUT2D eigenvalue weighted by Crippen LogP contribution is 2.17. The van der Waals surface area contributed by atoms with Crippen molar-refractivity contribution in [3.8, 4) is 0 Å². The largest absolute Gasteiger partial charge is 0.378 e. The molecule has 1 atom stereocenters. The van der Waals surface area contributed by atoms with Gasteiger partial charge in [0.05, 0.1) is 6.10 Å². The van der Waals surface area contributed by atoms with Crippen LogP contribution in [0.5, 0.6) is 0 Å². The fourth-order valence-electron chi connectivity index (χ4n) is 2.13. The average Bonchev–Trinajstić information content (AvgIpc) is 2.73. The van der Waals surface area contributed by atoms with Gasteiger partial charge in [-0.2, -0.15) is 0 Å². The molecule has 6 heteroatoms. The van der Waals surface area contributed by atoms with E-state index in [1.54, 1.807) is 12.4 Å². The predicted molar refractivity (Wildman–Crippen MR) is 63.1 cm³/mol. The first-order valence-corrected chi connectivity index (χ1v) is 6.17. The maximum Gasteiger partial charge on any atom is 0.165 e. The summed E-state index contributed by atoms with van der Waals surface area (Å²) in [5, 5.41) is 8.68. The molecular weight excluding hydrogens is 240 g/mol. The molecule has 2 aromatic rings. The molecule has 1 fully saturated rings. The molecule has 17 heavy (non-hydrogen) atoms. The third-order valence-corrected chi connectivity index (χ3v) is 3.23. The molecule has 0 amide bonds. The first-order valence-electron chi connectivity index (χ1n) is 5.80. The van der Waals surface area contributed by atoms with Gasteiger partial charge in [-0.3, -0.25) is 4.40 Å². The smallest absolute Gasteiger partial charge is 0.165 e. The van der Waals surface area contributed by atoms with E-state index < -0.39 is 0 Å². The molecule has 0 aliphatic carbocycles. The Kier molecular flexibility index (Phi) is 2.94. The van der Waals surface area contributed by atoms with Crippen LogP contribution in [0.1, 0.15) is 25.1 Å². The maximum atomic E-state index is 5.80. The van der Waals surface area contributed by atoms with Crippen LogP contribution in [0, 0.1) is 0 Å². The highest BCUT2D eigenvalue weighted by molar-refractivity contribution is 6.29. The second-order valence-corrected chi connectivity index (χ2v) is 4.64. The summed E-state index contributed by atoms with van der Waals surface area (Å²) in [7, 11) is 0. The van der Waals surface area contributed by atoms with Crippen molar-refractivity contribution >= 4 is 17.2 Å². The SMILES string of the molecule is Clc1cc2nnc(CC3CCCCO3)n2cn1. The Labute approximate surface area is 104 Å². The number of nitrogens with zero attached hydrogens (tertiary/aromatic N) is 4. The topological polar surface area (TPSA) is 52.3 Å². The molecular formula is C11H13ClN4O. The van der Waals surface area contributed by atoms with Crippen LogP contribution < -0.4 is 0 Å². The minimum absolute atomic E-state index is 0.256. The molecule has 0 bridgehead atoms. The van der Waals surface area contributed by atoms with Crippen molar-refractivity contribution < 1.29 is 4.74 Å². The zero-order valence-electron chi connectivity index (χ0n) is 9.34. The minimum atomic E-state index is 0.256. The van der Waals surface area contributed by atoms with Gasteiger partial charge in [-0.1, -0.05) is 11.6 Å². The molecule has 5 nitrogen and oxygen atoms in total. The van der Waals surface area contributed by atoms with Crippen molar-refractivity contribution in [2.24, 2.45) is 0 Å². The van der Waals surface area contributed by atoms with Gasteiger partial charge in [-0.25, -0.2) is 4.98 Å². The first kappa shape index (κ1) is 10.9. The Balaban J connectivity index is 1.84. The van der Waals surface area contributed by atoms with Gasteiger partial charge in [0, 0.05) is 19.1 Å². The third kappa shape index (κ3) is 2.25. The number of halogens is 1. The Morgan fingerprint density at radius 3 is 3.18 bits per heavy atom. The zero-order valence-corrected chi connectivity index (χ0v) is 10.1. The van der Waals surface area contributed by atoms with Gasteiger partial charge >= 0.3 is 0 Å². The van der Waals surface area contributed by atoms with Crippen molar-refractivity contribution in [1.82, 2.24) is 19.6 Å². The van der Waals surface area contributed by atoms with E-state index in [9.17, 15) is 0 Å². The maximum absolute atomic E-state index is 5.80. The normalized spacial score (nSPS) is 20.9. The van der Waals surface area contributed by atoms with Crippen LogP contribution in [-0.2, 0) is 11.2 Å². The fraction of sp³-hybridized carbons (Fsp3) is 0.545. The van der Waals surface area contributed by atoms with E-state index in [-0.39, 0.29) is 6.10 Å². The van der Waals surface area contributed by atoms with Crippen molar-refractivity contribution in [3.63, 3.8) is 0 Å². The van der Waals surface area contributed by atoms with Crippen LogP contribution in [0.4, 0.5) is 0 Å². The molecule has 0 aromatic carbocycles. The first-order chi connectivity index (χ1) is 8.33. The van der Waals surface area contributed by atoms with Gasteiger partial charge in [0.15, 0.2) is 5.65 Å². The molecule has 0 radical (unpaired) electrons. The zero-order chi connectivity index (χ0) is 11.7. The number of aromatic nitrogens is 4. The lowest BCUT2D eigenvalue weighted by Crippen LogP contribution is -2.22.